The number of aryl methyl sites for hydroxylation is 1. The van der Waals surface area contributed by atoms with Crippen molar-refractivity contribution in [2.75, 3.05) is 0 Å². The lowest BCUT2D eigenvalue weighted by atomic mass is 10.1. The Hall–Kier alpha value is -3.37. The SMILES string of the molecule is Cc1cccc(/C=C2\Oc3c(ccc(OC(=O)c4ccccc4Cl)c3C)C2=O)c1. The fraction of sp³-hybridized carbons (Fsp3) is 0.0833. The van der Waals surface area contributed by atoms with Crippen molar-refractivity contribution in [2.24, 2.45) is 0 Å². The van der Waals surface area contributed by atoms with Gasteiger partial charge in [-0.2, -0.15) is 0 Å². The summed E-state index contributed by atoms with van der Waals surface area (Å²) in [6, 6.07) is 17.7. The number of benzene rings is 3. The first-order valence-electron chi connectivity index (χ1n) is 9.05. The van der Waals surface area contributed by atoms with Gasteiger partial charge in [0.05, 0.1) is 16.1 Å². The van der Waals surface area contributed by atoms with Crippen molar-refractivity contribution in [3.63, 3.8) is 0 Å². The number of esters is 1. The van der Waals surface area contributed by atoms with Crippen molar-refractivity contribution < 1.29 is 19.1 Å². The van der Waals surface area contributed by atoms with Gasteiger partial charge in [0.15, 0.2) is 5.76 Å². The first-order valence-corrected chi connectivity index (χ1v) is 9.43. The first-order chi connectivity index (χ1) is 13.9. The summed E-state index contributed by atoms with van der Waals surface area (Å²) in [5.41, 5.74) is 3.25. The number of allylic oxidation sites excluding steroid dienone is 1. The fourth-order valence-electron chi connectivity index (χ4n) is 3.17. The molecule has 0 aliphatic carbocycles. The van der Waals surface area contributed by atoms with Gasteiger partial charge in [-0.1, -0.05) is 53.6 Å². The average molecular weight is 405 g/mol. The molecule has 1 aliphatic rings. The second kappa shape index (κ2) is 7.57. The zero-order valence-corrected chi connectivity index (χ0v) is 16.6. The molecule has 1 aliphatic heterocycles. The van der Waals surface area contributed by atoms with Gasteiger partial charge >= 0.3 is 5.97 Å². The molecule has 0 spiro atoms. The highest BCUT2D eigenvalue weighted by Crippen LogP contribution is 2.39. The van der Waals surface area contributed by atoms with Crippen LogP contribution in [0.3, 0.4) is 0 Å². The van der Waals surface area contributed by atoms with E-state index in [2.05, 4.69) is 0 Å². The van der Waals surface area contributed by atoms with Crippen LogP contribution in [0.25, 0.3) is 6.08 Å². The van der Waals surface area contributed by atoms with Crippen LogP contribution in [-0.2, 0) is 0 Å². The Balaban J connectivity index is 1.63. The van der Waals surface area contributed by atoms with Crippen molar-refractivity contribution in [3.8, 4) is 11.5 Å². The first kappa shape index (κ1) is 19.0. The lowest BCUT2D eigenvalue weighted by Crippen LogP contribution is -2.10. The fourth-order valence-corrected chi connectivity index (χ4v) is 3.38. The number of hydrogen-bond acceptors (Lipinski definition) is 4. The van der Waals surface area contributed by atoms with E-state index in [4.69, 9.17) is 21.1 Å². The van der Waals surface area contributed by atoms with Gasteiger partial charge in [-0.25, -0.2) is 4.79 Å². The van der Waals surface area contributed by atoms with Gasteiger partial charge in [0, 0.05) is 5.56 Å². The summed E-state index contributed by atoms with van der Waals surface area (Å²) in [6.45, 7) is 3.73. The third-order valence-corrected chi connectivity index (χ3v) is 5.00. The van der Waals surface area contributed by atoms with Crippen molar-refractivity contribution >= 4 is 29.4 Å². The molecule has 0 unspecified atom stereocenters. The molecular formula is C24H17ClO4. The van der Waals surface area contributed by atoms with E-state index in [0.717, 1.165) is 11.1 Å². The third-order valence-electron chi connectivity index (χ3n) is 4.67. The Morgan fingerprint density at radius 2 is 1.83 bits per heavy atom. The zero-order valence-electron chi connectivity index (χ0n) is 15.9. The van der Waals surface area contributed by atoms with Gasteiger partial charge in [0.1, 0.15) is 11.5 Å². The molecule has 1 heterocycles. The number of carbonyl (C=O) groups excluding carboxylic acids is 2. The molecule has 0 saturated carbocycles. The summed E-state index contributed by atoms with van der Waals surface area (Å²) >= 11 is 6.07. The monoisotopic (exact) mass is 404 g/mol. The molecule has 0 radical (unpaired) electrons. The maximum absolute atomic E-state index is 12.7. The van der Waals surface area contributed by atoms with Crippen LogP contribution < -0.4 is 9.47 Å². The minimum absolute atomic E-state index is 0.200. The van der Waals surface area contributed by atoms with Gasteiger partial charge in [0.2, 0.25) is 5.78 Å². The topological polar surface area (TPSA) is 52.6 Å². The molecule has 0 atom stereocenters. The normalized spacial score (nSPS) is 13.9. The summed E-state index contributed by atoms with van der Waals surface area (Å²) in [4.78, 5) is 25.2. The number of hydrogen-bond donors (Lipinski definition) is 0. The number of rotatable bonds is 3. The summed E-state index contributed by atoms with van der Waals surface area (Å²) < 4.78 is 11.3. The smallest absolute Gasteiger partial charge is 0.345 e. The highest BCUT2D eigenvalue weighted by atomic mass is 35.5. The Bertz CT molecular complexity index is 1180. The summed E-state index contributed by atoms with van der Waals surface area (Å²) in [7, 11) is 0. The minimum Gasteiger partial charge on any atom is -0.452 e. The van der Waals surface area contributed by atoms with Crippen LogP contribution in [0.5, 0.6) is 11.5 Å². The Labute approximate surface area is 173 Å². The Morgan fingerprint density at radius 1 is 1.03 bits per heavy atom. The lowest BCUT2D eigenvalue weighted by molar-refractivity contribution is 0.0733. The van der Waals surface area contributed by atoms with Gasteiger partial charge in [-0.3, -0.25) is 4.79 Å². The quantitative estimate of drug-likeness (QED) is 0.315. The molecule has 4 rings (SSSR count). The van der Waals surface area contributed by atoms with E-state index in [1.54, 1.807) is 49.4 Å². The van der Waals surface area contributed by atoms with E-state index < -0.39 is 5.97 Å². The Morgan fingerprint density at radius 3 is 2.59 bits per heavy atom. The molecule has 0 saturated heterocycles. The molecule has 3 aromatic carbocycles. The predicted molar refractivity (Wildman–Crippen MR) is 112 cm³/mol. The molecule has 0 amide bonds. The second-order valence-corrected chi connectivity index (χ2v) is 7.20. The van der Waals surface area contributed by atoms with Crippen molar-refractivity contribution in [1.29, 1.82) is 0 Å². The molecule has 0 N–H and O–H groups in total. The standard InChI is InChI=1S/C24H17ClO4/c1-14-6-5-7-16(12-14)13-21-22(26)18-10-11-20(15(2)23(18)28-21)29-24(27)17-8-3-4-9-19(17)25/h3-13H,1-2H3/b21-13-. The molecule has 0 aromatic heterocycles. The molecule has 5 heteroatoms. The van der Waals surface area contributed by atoms with Gasteiger partial charge in [-0.05, 0) is 49.8 Å². The number of carbonyl (C=O) groups is 2. The van der Waals surface area contributed by atoms with Crippen LogP contribution in [0, 0.1) is 13.8 Å². The molecule has 3 aromatic rings. The van der Waals surface area contributed by atoms with Gasteiger partial charge in [0.25, 0.3) is 0 Å². The molecule has 29 heavy (non-hydrogen) atoms. The zero-order chi connectivity index (χ0) is 20.5. The van der Waals surface area contributed by atoms with Crippen LogP contribution >= 0.6 is 11.6 Å². The van der Waals surface area contributed by atoms with E-state index in [1.165, 1.54) is 0 Å². The number of Topliss-reactive ketones (excluding diaryl/α,β-unsaturated/α-hetero) is 1. The summed E-state index contributed by atoms with van der Waals surface area (Å²) in [5.74, 6) is 0.187. The molecule has 0 bridgehead atoms. The van der Waals surface area contributed by atoms with Crippen LogP contribution in [0.4, 0.5) is 0 Å². The second-order valence-electron chi connectivity index (χ2n) is 6.79. The Kier molecular flexibility index (Phi) is 4.95. The van der Waals surface area contributed by atoms with E-state index in [1.807, 2.05) is 31.2 Å². The number of fused-ring (bicyclic) bond motifs is 1. The largest absolute Gasteiger partial charge is 0.452 e. The van der Waals surface area contributed by atoms with Gasteiger partial charge in [-0.15, -0.1) is 0 Å². The highest BCUT2D eigenvalue weighted by molar-refractivity contribution is 6.33. The molecule has 0 fully saturated rings. The highest BCUT2D eigenvalue weighted by Gasteiger charge is 2.30. The lowest BCUT2D eigenvalue weighted by Gasteiger charge is -2.10. The minimum atomic E-state index is -0.571. The van der Waals surface area contributed by atoms with Gasteiger partial charge < -0.3 is 9.47 Å². The maximum atomic E-state index is 12.7. The number of ketones is 1. The van der Waals surface area contributed by atoms with Crippen molar-refractivity contribution in [1.82, 2.24) is 0 Å². The predicted octanol–water partition coefficient (Wildman–Crippen LogP) is 5.79. The molecule has 4 nitrogen and oxygen atoms in total. The average Bonchev–Trinajstić information content (AvgIpc) is 3.01. The summed E-state index contributed by atoms with van der Waals surface area (Å²) in [6.07, 6.45) is 1.71. The van der Waals surface area contributed by atoms with Crippen LogP contribution in [-0.4, -0.2) is 11.8 Å². The number of halogens is 1. The summed E-state index contributed by atoms with van der Waals surface area (Å²) in [5, 5.41) is 0.311. The van der Waals surface area contributed by atoms with Crippen molar-refractivity contribution in [2.45, 2.75) is 13.8 Å². The van der Waals surface area contributed by atoms with E-state index in [0.29, 0.717) is 27.6 Å². The van der Waals surface area contributed by atoms with E-state index in [9.17, 15) is 9.59 Å². The van der Waals surface area contributed by atoms with Crippen LogP contribution in [0.2, 0.25) is 5.02 Å². The molecule has 144 valence electrons. The van der Waals surface area contributed by atoms with E-state index in [-0.39, 0.29) is 17.1 Å². The maximum Gasteiger partial charge on any atom is 0.345 e. The third kappa shape index (κ3) is 3.67. The van der Waals surface area contributed by atoms with Crippen LogP contribution in [0.15, 0.2) is 66.4 Å². The van der Waals surface area contributed by atoms with Crippen molar-refractivity contribution in [3.05, 3.63) is 99.3 Å². The molecular weight excluding hydrogens is 388 g/mol. The van der Waals surface area contributed by atoms with E-state index >= 15 is 0 Å². The number of ether oxygens (including phenoxy) is 2. The van der Waals surface area contributed by atoms with Crippen LogP contribution in [0.1, 0.15) is 37.4 Å².